The molecule has 0 radical (unpaired) electrons. The van der Waals surface area contributed by atoms with Gasteiger partial charge in [0, 0.05) is 3.57 Å². The Hall–Kier alpha value is -0.0900. The summed E-state index contributed by atoms with van der Waals surface area (Å²) in [5.41, 5.74) is 1.46. The molecule has 0 aliphatic heterocycles. The fourth-order valence-corrected chi connectivity index (χ4v) is 2.02. The fourth-order valence-electron chi connectivity index (χ4n) is 1.66. The van der Waals surface area contributed by atoms with Crippen molar-refractivity contribution < 1.29 is 0 Å². The maximum absolute atomic E-state index is 3.43. The lowest BCUT2D eigenvalue weighted by Gasteiger charge is -2.15. The summed E-state index contributed by atoms with van der Waals surface area (Å²) in [5.74, 6) is 0.769. The lowest BCUT2D eigenvalue weighted by atomic mass is 9.97. The number of rotatable bonds is 6. The smallest absolute Gasteiger partial charge is 0.0130 e. The number of halogens is 1. The van der Waals surface area contributed by atoms with E-state index in [1.54, 1.807) is 0 Å². The molecule has 84 valence electrons. The van der Waals surface area contributed by atoms with E-state index in [-0.39, 0.29) is 0 Å². The minimum absolute atomic E-state index is 0.769. The highest BCUT2D eigenvalue weighted by molar-refractivity contribution is 14.1. The molecule has 0 saturated carbocycles. The Balaban J connectivity index is 2.47. The molecule has 0 amide bonds. The van der Waals surface area contributed by atoms with Crippen LogP contribution in [0.4, 0.5) is 0 Å². The zero-order valence-corrected chi connectivity index (χ0v) is 11.8. The number of benzene rings is 1. The van der Waals surface area contributed by atoms with Gasteiger partial charge in [-0.3, -0.25) is 0 Å². The van der Waals surface area contributed by atoms with Crippen molar-refractivity contribution in [1.29, 1.82) is 0 Å². The van der Waals surface area contributed by atoms with E-state index in [4.69, 9.17) is 0 Å². The van der Waals surface area contributed by atoms with Crippen molar-refractivity contribution in [2.45, 2.75) is 26.7 Å². The molecule has 0 spiro atoms. The summed E-state index contributed by atoms with van der Waals surface area (Å²) < 4.78 is 1.32. The fraction of sp³-hybridized carbons (Fsp3) is 0.538. The Morgan fingerprint density at radius 2 is 1.87 bits per heavy atom. The van der Waals surface area contributed by atoms with Gasteiger partial charge >= 0.3 is 0 Å². The Morgan fingerprint density at radius 3 is 2.40 bits per heavy atom. The average molecular weight is 317 g/mol. The zero-order chi connectivity index (χ0) is 11.1. The lowest BCUT2D eigenvalue weighted by molar-refractivity contribution is 0.467. The first-order valence-corrected chi connectivity index (χ1v) is 6.79. The van der Waals surface area contributed by atoms with Crippen molar-refractivity contribution in [1.82, 2.24) is 5.32 Å². The summed E-state index contributed by atoms with van der Waals surface area (Å²) >= 11 is 2.35. The van der Waals surface area contributed by atoms with Crippen LogP contribution in [-0.2, 0) is 6.42 Å². The molecule has 1 aromatic rings. The van der Waals surface area contributed by atoms with E-state index in [0.717, 1.165) is 19.0 Å². The molecule has 0 aromatic heterocycles. The number of hydrogen-bond acceptors (Lipinski definition) is 1. The predicted molar refractivity (Wildman–Crippen MR) is 75.2 cm³/mol. The minimum atomic E-state index is 0.769. The summed E-state index contributed by atoms with van der Waals surface area (Å²) in [7, 11) is 0. The quantitative estimate of drug-likeness (QED) is 0.792. The highest BCUT2D eigenvalue weighted by Gasteiger charge is 2.06. The third-order valence-corrected chi connectivity index (χ3v) is 3.42. The van der Waals surface area contributed by atoms with Gasteiger partial charge in [-0.15, -0.1) is 0 Å². The van der Waals surface area contributed by atoms with E-state index < -0.39 is 0 Å². The van der Waals surface area contributed by atoms with Gasteiger partial charge in [0.25, 0.3) is 0 Å². The second-order valence-electron chi connectivity index (χ2n) is 3.91. The summed E-state index contributed by atoms with van der Waals surface area (Å²) in [5, 5.41) is 3.43. The maximum atomic E-state index is 3.43. The van der Waals surface area contributed by atoms with Crippen LogP contribution < -0.4 is 5.32 Å². The van der Waals surface area contributed by atoms with Crippen LogP contribution in [0.15, 0.2) is 24.3 Å². The van der Waals surface area contributed by atoms with Gasteiger partial charge in [0.1, 0.15) is 0 Å². The predicted octanol–water partition coefficient (Wildman–Crippen LogP) is 3.47. The van der Waals surface area contributed by atoms with Crippen LogP contribution >= 0.6 is 22.6 Å². The Labute approximate surface area is 107 Å². The molecule has 15 heavy (non-hydrogen) atoms. The molecule has 1 atom stereocenters. The van der Waals surface area contributed by atoms with Gasteiger partial charge in [-0.1, -0.05) is 32.4 Å². The van der Waals surface area contributed by atoms with Crippen LogP contribution in [0.1, 0.15) is 25.8 Å². The molecular formula is C13H20IN. The summed E-state index contributed by atoms with van der Waals surface area (Å²) in [6, 6.07) is 8.87. The molecule has 1 nitrogen and oxygen atoms in total. The van der Waals surface area contributed by atoms with E-state index in [1.807, 2.05) is 0 Å². The van der Waals surface area contributed by atoms with Crippen molar-refractivity contribution >= 4 is 22.6 Å². The molecular weight excluding hydrogens is 297 g/mol. The molecule has 0 fully saturated rings. The van der Waals surface area contributed by atoms with E-state index >= 15 is 0 Å². The number of nitrogens with one attached hydrogen (secondary N) is 1. The van der Waals surface area contributed by atoms with Crippen molar-refractivity contribution in [2.75, 3.05) is 13.1 Å². The van der Waals surface area contributed by atoms with E-state index in [2.05, 4.69) is 66.0 Å². The molecule has 1 rings (SSSR count). The van der Waals surface area contributed by atoms with Gasteiger partial charge in [-0.25, -0.2) is 0 Å². The highest BCUT2D eigenvalue weighted by atomic mass is 127. The van der Waals surface area contributed by atoms with Gasteiger partial charge in [0.2, 0.25) is 0 Å². The van der Waals surface area contributed by atoms with Crippen LogP contribution in [0.2, 0.25) is 0 Å². The molecule has 2 heteroatoms. The minimum Gasteiger partial charge on any atom is -0.317 e. The second-order valence-corrected chi connectivity index (χ2v) is 5.16. The van der Waals surface area contributed by atoms with E-state index in [0.29, 0.717) is 0 Å². The number of hydrogen-bond donors (Lipinski definition) is 1. The van der Waals surface area contributed by atoms with Crippen LogP contribution in [0.25, 0.3) is 0 Å². The Kier molecular flexibility index (Phi) is 6.25. The molecule has 1 unspecified atom stereocenters. The summed E-state index contributed by atoms with van der Waals surface area (Å²) in [6.07, 6.45) is 2.44. The monoisotopic (exact) mass is 317 g/mol. The van der Waals surface area contributed by atoms with Gasteiger partial charge < -0.3 is 5.32 Å². The average Bonchev–Trinajstić information content (AvgIpc) is 2.27. The molecule has 0 aliphatic carbocycles. The normalized spacial score (nSPS) is 12.7. The van der Waals surface area contributed by atoms with E-state index in [9.17, 15) is 0 Å². The summed E-state index contributed by atoms with van der Waals surface area (Å²) in [4.78, 5) is 0. The maximum Gasteiger partial charge on any atom is 0.0130 e. The first kappa shape index (κ1) is 13.0. The first-order chi connectivity index (χ1) is 7.26. The molecule has 0 saturated heterocycles. The molecule has 1 N–H and O–H groups in total. The zero-order valence-electron chi connectivity index (χ0n) is 9.59. The third kappa shape index (κ3) is 4.98. The van der Waals surface area contributed by atoms with E-state index in [1.165, 1.54) is 22.0 Å². The standard InChI is InChI=1S/C13H20IN/c1-3-11(10-15-4-2)9-12-5-7-13(14)8-6-12/h5-8,11,15H,3-4,9-10H2,1-2H3. The van der Waals surface area contributed by atoms with Gasteiger partial charge in [-0.2, -0.15) is 0 Å². The topological polar surface area (TPSA) is 12.0 Å². The molecule has 0 heterocycles. The first-order valence-electron chi connectivity index (χ1n) is 5.71. The van der Waals surface area contributed by atoms with Crippen LogP contribution in [-0.4, -0.2) is 13.1 Å². The van der Waals surface area contributed by atoms with Crippen molar-refractivity contribution in [3.8, 4) is 0 Å². The Morgan fingerprint density at radius 1 is 1.20 bits per heavy atom. The SMILES string of the molecule is CCNCC(CC)Cc1ccc(I)cc1. The molecule has 0 bridgehead atoms. The molecule has 1 aromatic carbocycles. The molecule has 0 aliphatic rings. The van der Waals surface area contributed by atoms with Crippen LogP contribution in [0, 0.1) is 9.49 Å². The summed E-state index contributed by atoms with van der Waals surface area (Å²) in [6.45, 7) is 6.65. The van der Waals surface area contributed by atoms with Crippen molar-refractivity contribution in [2.24, 2.45) is 5.92 Å². The second kappa shape index (κ2) is 7.23. The van der Waals surface area contributed by atoms with Gasteiger partial charge in [0.05, 0.1) is 0 Å². The largest absolute Gasteiger partial charge is 0.317 e. The van der Waals surface area contributed by atoms with Crippen molar-refractivity contribution in [3.63, 3.8) is 0 Å². The Bertz CT molecular complexity index is 268. The van der Waals surface area contributed by atoms with Crippen LogP contribution in [0.3, 0.4) is 0 Å². The lowest BCUT2D eigenvalue weighted by Crippen LogP contribution is -2.23. The third-order valence-electron chi connectivity index (χ3n) is 2.70. The van der Waals surface area contributed by atoms with Gasteiger partial charge in [-0.05, 0) is 65.7 Å². The van der Waals surface area contributed by atoms with Gasteiger partial charge in [0.15, 0.2) is 0 Å². The van der Waals surface area contributed by atoms with Crippen molar-refractivity contribution in [3.05, 3.63) is 33.4 Å². The van der Waals surface area contributed by atoms with Crippen LogP contribution in [0.5, 0.6) is 0 Å². The highest BCUT2D eigenvalue weighted by Crippen LogP contribution is 2.13.